The highest BCUT2D eigenvalue weighted by molar-refractivity contribution is 7.89. The van der Waals surface area contributed by atoms with Crippen molar-refractivity contribution in [3.05, 3.63) is 29.6 Å². The normalized spacial score (nSPS) is 21.9. The zero-order chi connectivity index (χ0) is 17.0. The van der Waals surface area contributed by atoms with Crippen molar-refractivity contribution >= 4 is 16.0 Å². The van der Waals surface area contributed by atoms with Crippen LogP contribution in [-0.4, -0.2) is 39.6 Å². The largest absolute Gasteiger partial charge is 0.462 e. The lowest BCUT2D eigenvalue weighted by molar-refractivity contribution is 0.0525. The second kappa shape index (κ2) is 7.37. The van der Waals surface area contributed by atoms with Gasteiger partial charge in [-0.2, -0.15) is 0 Å². The van der Waals surface area contributed by atoms with E-state index in [1.165, 1.54) is 0 Å². The second-order valence-electron chi connectivity index (χ2n) is 5.59. The maximum Gasteiger partial charge on any atom is 0.338 e. The fourth-order valence-corrected chi connectivity index (χ4v) is 3.92. The van der Waals surface area contributed by atoms with Crippen LogP contribution in [0, 0.1) is 5.82 Å². The number of esters is 1. The number of benzene rings is 1. The van der Waals surface area contributed by atoms with Crippen LogP contribution in [0.15, 0.2) is 23.1 Å². The van der Waals surface area contributed by atoms with E-state index < -0.39 is 21.8 Å². The van der Waals surface area contributed by atoms with Crippen molar-refractivity contribution in [2.24, 2.45) is 0 Å². The van der Waals surface area contributed by atoms with E-state index in [0.29, 0.717) is 19.4 Å². The molecule has 8 heteroatoms. The Hall–Kier alpha value is -1.51. The number of ether oxygens (including phenoxy) is 1. The van der Waals surface area contributed by atoms with E-state index in [2.05, 4.69) is 10.0 Å². The van der Waals surface area contributed by atoms with Crippen LogP contribution in [0.2, 0.25) is 0 Å². The molecule has 1 aliphatic rings. The molecule has 128 valence electrons. The number of hydrogen-bond donors (Lipinski definition) is 2. The molecule has 0 spiro atoms. The van der Waals surface area contributed by atoms with Crippen molar-refractivity contribution in [3.63, 3.8) is 0 Å². The summed E-state index contributed by atoms with van der Waals surface area (Å²) in [7, 11) is -3.90. The monoisotopic (exact) mass is 344 g/mol. The van der Waals surface area contributed by atoms with Gasteiger partial charge >= 0.3 is 5.97 Å². The zero-order valence-electron chi connectivity index (χ0n) is 13.1. The van der Waals surface area contributed by atoms with Gasteiger partial charge in [0.2, 0.25) is 10.0 Å². The Bertz CT molecular complexity index is 678. The van der Waals surface area contributed by atoms with E-state index in [1.54, 1.807) is 6.92 Å². The zero-order valence-corrected chi connectivity index (χ0v) is 14.0. The molecule has 0 radical (unpaired) electrons. The Labute approximate surface area is 135 Å². The third-order valence-electron chi connectivity index (χ3n) is 3.64. The fourth-order valence-electron chi connectivity index (χ4n) is 2.58. The third-order valence-corrected chi connectivity index (χ3v) is 5.14. The summed E-state index contributed by atoms with van der Waals surface area (Å²) in [5.74, 6) is -1.55. The Morgan fingerprint density at radius 2 is 2.17 bits per heavy atom. The molecule has 1 aromatic carbocycles. The molecule has 0 saturated carbocycles. The highest BCUT2D eigenvalue weighted by Crippen LogP contribution is 2.18. The summed E-state index contributed by atoms with van der Waals surface area (Å²) >= 11 is 0. The van der Waals surface area contributed by atoms with Gasteiger partial charge in [0.15, 0.2) is 0 Å². The van der Waals surface area contributed by atoms with Gasteiger partial charge in [-0.1, -0.05) is 0 Å². The lowest BCUT2D eigenvalue weighted by Crippen LogP contribution is -2.46. The summed E-state index contributed by atoms with van der Waals surface area (Å²) in [5, 5.41) is 3.23. The summed E-state index contributed by atoms with van der Waals surface area (Å²) in [4.78, 5) is 11.4. The average Bonchev–Trinajstić information content (AvgIpc) is 2.46. The van der Waals surface area contributed by atoms with Crippen LogP contribution >= 0.6 is 0 Å². The van der Waals surface area contributed by atoms with Crippen LogP contribution in [0.5, 0.6) is 0 Å². The predicted molar refractivity (Wildman–Crippen MR) is 83.2 cm³/mol. The van der Waals surface area contributed by atoms with E-state index in [9.17, 15) is 17.6 Å². The first-order valence-electron chi connectivity index (χ1n) is 7.55. The summed E-state index contributed by atoms with van der Waals surface area (Å²) in [6.45, 7) is 4.43. The summed E-state index contributed by atoms with van der Waals surface area (Å²) in [6.07, 6.45) is 1.31. The number of nitrogens with one attached hydrogen (secondary N) is 2. The van der Waals surface area contributed by atoms with Crippen LogP contribution < -0.4 is 10.0 Å². The van der Waals surface area contributed by atoms with Crippen molar-refractivity contribution in [3.8, 4) is 0 Å². The minimum Gasteiger partial charge on any atom is -0.462 e. The van der Waals surface area contributed by atoms with Gasteiger partial charge in [0.1, 0.15) is 5.82 Å². The Balaban J connectivity index is 2.23. The molecule has 1 aromatic rings. The van der Waals surface area contributed by atoms with Gasteiger partial charge in [0, 0.05) is 12.1 Å². The van der Waals surface area contributed by atoms with E-state index >= 15 is 0 Å². The molecular formula is C15H21FN2O4S. The SMILES string of the molecule is CCOC(=O)c1cc(F)cc(S(=O)(=O)NC2CCNC(C)C2)c1. The molecule has 2 unspecified atom stereocenters. The first-order valence-corrected chi connectivity index (χ1v) is 9.03. The molecule has 0 amide bonds. The summed E-state index contributed by atoms with van der Waals surface area (Å²) < 4.78 is 45.9. The van der Waals surface area contributed by atoms with E-state index in [1.807, 2.05) is 6.92 Å². The molecule has 2 N–H and O–H groups in total. The van der Waals surface area contributed by atoms with Gasteiger partial charge in [0.05, 0.1) is 17.1 Å². The number of piperidine rings is 1. The summed E-state index contributed by atoms with van der Waals surface area (Å²) in [5.41, 5.74) is -0.120. The first-order chi connectivity index (χ1) is 10.8. The average molecular weight is 344 g/mol. The van der Waals surface area contributed by atoms with Gasteiger partial charge in [-0.3, -0.25) is 0 Å². The lowest BCUT2D eigenvalue weighted by atomic mass is 10.0. The molecule has 2 atom stereocenters. The molecule has 6 nitrogen and oxygen atoms in total. The van der Waals surface area contributed by atoms with Crippen molar-refractivity contribution < 1.29 is 22.3 Å². The maximum atomic E-state index is 13.7. The van der Waals surface area contributed by atoms with Crippen molar-refractivity contribution in [2.45, 2.75) is 43.7 Å². The number of carbonyl (C=O) groups is 1. The molecule has 0 aliphatic carbocycles. The molecule has 23 heavy (non-hydrogen) atoms. The van der Waals surface area contributed by atoms with E-state index in [-0.39, 0.29) is 29.1 Å². The van der Waals surface area contributed by atoms with Crippen molar-refractivity contribution in [2.75, 3.05) is 13.2 Å². The van der Waals surface area contributed by atoms with Crippen LogP contribution in [0.25, 0.3) is 0 Å². The number of sulfonamides is 1. The summed E-state index contributed by atoms with van der Waals surface area (Å²) in [6, 6.07) is 2.98. The lowest BCUT2D eigenvalue weighted by Gasteiger charge is -2.28. The van der Waals surface area contributed by atoms with Gasteiger partial charge in [-0.15, -0.1) is 0 Å². The number of carbonyl (C=O) groups excluding carboxylic acids is 1. The standard InChI is InChI=1S/C15H21FN2O4S/c1-3-22-15(19)11-7-12(16)9-14(8-11)23(20,21)18-13-4-5-17-10(2)6-13/h7-10,13,17-18H,3-6H2,1-2H3. The molecular weight excluding hydrogens is 323 g/mol. The highest BCUT2D eigenvalue weighted by Gasteiger charge is 2.25. The smallest absolute Gasteiger partial charge is 0.338 e. The molecule has 0 aromatic heterocycles. The van der Waals surface area contributed by atoms with Gasteiger partial charge in [-0.05, 0) is 51.4 Å². The molecule has 0 bridgehead atoms. The van der Waals surface area contributed by atoms with Gasteiger partial charge in [-0.25, -0.2) is 22.3 Å². The second-order valence-corrected chi connectivity index (χ2v) is 7.31. The number of rotatable bonds is 5. The van der Waals surface area contributed by atoms with Gasteiger partial charge in [0.25, 0.3) is 0 Å². The Morgan fingerprint density at radius 1 is 1.43 bits per heavy atom. The van der Waals surface area contributed by atoms with Crippen LogP contribution in [0.4, 0.5) is 4.39 Å². The van der Waals surface area contributed by atoms with E-state index in [0.717, 1.165) is 18.2 Å². The minimum atomic E-state index is -3.90. The Kier molecular flexibility index (Phi) is 5.72. The van der Waals surface area contributed by atoms with Gasteiger partial charge < -0.3 is 10.1 Å². The number of hydrogen-bond acceptors (Lipinski definition) is 5. The minimum absolute atomic E-state index is 0.120. The Morgan fingerprint density at radius 3 is 2.83 bits per heavy atom. The topological polar surface area (TPSA) is 84.5 Å². The van der Waals surface area contributed by atoms with Crippen molar-refractivity contribution in [1.82, 2.24) is 10.0 Å². The fraction of sp³-hybridized carbons (Fsp3) is 0.533. The van der Waals surface area contributed by atoms with Crippen LogP contribution in [-0.2, 0) is 14.8 Å². The molecule has 2 rings (SSSR count). The van der Waals surface area contributed by atoms with Crippen LogP contribution in [0.3, 0.4) is 0 Å². The first kappa shape index (κ1) is 17.8. The third kappa shape index (κ3) is 4.73. The highest BCUT2D eigenvalue weighted by atomic mass is 32.2. The molecule has 1 heterocycles. The molecule has 1 saturated heterocycles. The maximum absolute atomic E-state index is 13.7. The van der Waals surface area contributed by atoms with E-state index in [4.69, 9.17) is 4.74 Å². The van der Waals surface area contributed by atoms with Crippen LogP contribution in [0.1, 0.15) is 37.0 Å². The predicted octanol–water partition coefficient (Wildman–Crippen LogP) is 1.42. The van der Waals surface area contributed by atoms with Crippen molar-refractivity contribution in [1.29, 1.82) is 0 Å². The molecule has 1 aliphatic heterocycles. The number of halogens is 1. The quantitative estimate of drug-likeness (QED) is 0.789. The molecule has 1 fully saturated rings.